The van der Waals surface area contributed by atoms with Gasteiger partial charge in [-0.3, -0.25) is 9.41 Å². The number of halogens is 1. The summed E-state index contributed by atoms with van der Waals surface area (Å²) in [6.07, 6.45) is 3.91. The second kappa shape index (κ2) is 6.86. The van der Waals surface area contributed by atoms with Gasteiger partial charge in [0.2, 0.25) is 0 Å². The van der Waals surface area contributed by atoms with Crippen LogP contribution in [-0.2, 0) is 0 Å². The number of hydrogen-bond donors (Lipinski definition) is 1. The summed E-state index contributed by atoms with van der Waals surface area (Å²) in [7, 11) is 2.22. The largest absolute Gasteiger partial charge is 0.334 e. The van der Waals surface area contributed by atoms with Crippen LogP contribution >= 0.6 is 11.6 Å². The van der Waals surface area contributed by atoms with Gasteiger partial charge in [-0.2, -0.15) is 5.10 Å². The van der Waals surface area contributed by atoms with Gasteiger partial charge < -0.3 is 4.90 Å². The van der Waals surface area contributed by atoms with Gasteiger partial charge >= 0.3 is 0 Å². The molecule has 0 atom stereocenters. The quantitative estimate of drug-likeness (QED) is 0.728. The van der Waals surface area contributed by atoms with Crippen molar-refractivity contribution in [2.75, 3.05) is 33.2 Å². The van der Waals surface area contributed by atoms with Crippen LogP contribution in [0.3, 0.4) is 0 Å². The first-order valence-electron chi connectivity index (χ1n) is 8.54. The summed E-state index contributed by atoms with van der Waals surface area (Å²) in [4.78, 5) is 6.39. The minimum atomic E-state index is 0.726. The molecule has 25 heavy (non-hydrogen) atoms. The van der Waals surface area contributed by atoms with Gasteiger partial charge in [0, 0.05) is 16.8 Å². The number of aromatic nitrogens is 2. The van der Waals surface area contributed by atoms with Crippen LogP contribution in [0.4, 0.5) is 0 Å². The van der Waals surface area contributed by atoms with E-state index in [-0.39, 0.29) is 0 Å². The lowest BCUT2D eigenvalue weighted by molar-refractivity contribution is -0.884. The summed E-state index contributed by atoms with van der Waals surface area (Å²) in [6.45, 7) is 4.21. The number of fused-ring (bicyclic) bond motifs is 1. The van der Waals surface area contributed by atoms with Gasteiger partial charge in [-0.05, 0) is 36.4 Å². The van der Waals surface area contributed by atoms with Crippen LogP contribution in [0.1, 0.15) is 5.69 Å². The Hall–Kier alpha value is -2.37. The molecule has 0 radical (unpaired) electrons. The molecule has 4 rings (SSSR count). The molecule has 1 saturated heterocycles. The van der Waals surface area contributed by atoms with Crippen molar-refractivity contribution in [3.63, 3.8) is 0 Å². The highest BCUT2D eigenvalue weighted by atomic mass is 35.5. The zero-order valence-corrected chi connectivity index (χ0v) is 14.9. The second-order valence-electron chi connectivity index (χ2n) is 6.44. The Kier molecular flexibility index (Phi) is 4.42. The summed E-state index contributed by atoms with van der Waals surface area (Å²) in [5.74, 6) is 0.900. The standard InChI is InChI=1S/C19H20ClN5/c1-23-10-12-24(13-11-23)21-14-17-18-4-2-3-9-25(18)19(22-17)15-5-7-16(20)8-6-15/h2-9,14H,10-13H2,1H3/p+1/b21-14-. The maximum Gasteiger partial charge on any atom is 0.145 e. The fourth-order valence-corrected chi connectivity index (χ4v) is 3.21. The third-order valence-corrected chi connectivity index (χ3v) is 4.87. The number of piperazine rings is 1. The Morgan fingerprint density at radius 2 is 1.88 bits per heavy atom. The Balaban J connectivity index is 1.69. The van der Waals surface area contributed by atoms with Crippen LogP contribution in [0.15, 0.2) is 53.8 Å². The predicted molar refractivity (Wildman–Crippen MR) is 101 cm³/mol. The maximum atomic E-state index is 6.01. The van der Waals surface area contributed by atoms with Crippen LogP contribution in [0.2, 0.25) is 5.02 Å². The number of hydrogen-bond acceptors (Lipinski definition) is 3. The molecule has 0 spiro atoms. The molecule has 0 bridgehead atoms. The van der Waals surface area contributed by atoms with Gasteiger partial charge in [0.05, 0.1) is 45.0 Å². The predicted octanol–water partition coefficient (Wildman–Crippen LogP) is 1.82. The Morgan fingerprint density at radius 3 is 2.64 bits per heavy atom. The van der Waals surface area contributed by atoms with E-state index in [2.05, 4.69) is 27.6 Å². The summed E-state index contributed by atoms with van der Waals surface area (Å²) < 4.78 is 2.10. The van der Waals surface area contributed by atoms with E-state index in [1.165, 1.54) is 0 Å². The van der Waals surface area contributed by atoms with Crippen molar-refractivity contribution in [3.8, 4) is 11.4 Å². The number of likely N-dealkylation sites (N-methyl/N-ethyl adjacent to an activating group) is 1. The number of nitrogens with one attached hydrogen (secondary N) is 1. The Bertz CT molecular complexity index is 892. The minimum absolute atomic E-state index is 0.726. The fraction of sp³-hybridized carbons (Fsp3) is 0.263. The third-order valence-electron chi connectivity index (χ3n) is 4.62. The Labute approximate surface area is 152 Å². The van der Waals surface area contributed by atoms with Crippen molar-refractivity contribution < 1.29 is 4.90 Å². The highest BCUT2D eigenvalue weighted by Gasteiger charge is 2.15. The molecule has 0 amide bonds. The van der Waals surface area contributed by atoms with E-state index in [0.29, 0.717) is 0 Å². The van der Waals surface area contributed by atoms with Gasteiger partial charge in [0.1, 0.15) is 11.5 Å². The van der Waals surface area contributed by atoms with Gasteiger partial charge in [-0.25, -0.2) is 4.98 Å². The number of benzene rings is 1. The van der Waals surface area contributed by atoms with E-state index in [9.17, 15) is 0 Å². The minimum Gasteiger partial charge on any atom is -0.334 e. The molecule has 1 fully saturated rings. The zero-order chi connectivity index (χ0) is 17.2. The molecule has 3 aromatic rings. The number of pyridine rings is 1. The molecular weight excluding hydrogens is 334 g/mol. The van der Waals surface area contributed by atoms with Crippen molar-refractivity contribution in [1.82, 2.24) is 14.4 Å². The molecule has 3 heterocycles. The smallest absolute Gasteiger partial charge is 0.145 e. The average Bonchev–Trinajstić information content (AvgIpc) is 3.01. The lowest BCUT2D eigenvalue weighted by atomic mass is 10.2. The van der Waals surface area contributed by atoms with Crippen molar-refractivity contribution in [2.24, 2.45) is 5.10 Å². The van der Waals surface area contributed by atoms with Crippen LogP contribution in [0, 0.1) is 0 Å². The zero-order valence-electron chi connectivity index (χ0n) is 14.2. The topological polar surface area (TPSA) is 37.3 Å². The first-order valence-corrected chi connectivity index (χ1v) is 8.92. The molecule has 5 nitrogen and oxygen atoms in total. The van der Waals surface area contributed by atoms with Crippen molar-refractivity contribution in [1.29, 1.82) is 0 Å². The van der Waals surface area contributed by atoms with E-state index >= 15 is 0 Å². The number of hydrazone groups is 1. The van der Waals surface area contributed by atoms with Crippen molar-refractivity contribution in [2.45, 2.75) is 0 Å². The number of nitrogens with zero attached hydrogens (tertiary/aromatic N) is 4. The van der Waals surface area contributed by atoms with Gasteiger partial charge in [-0.1, -0.05) is 17.7 Å². The van der Waals surface area contributed by atoms with Crippen LogP contribution < -0.4 is 4.90 Å². The summed E-state index contributed by atoms with van der Waals surface area (Å²) in [6, 6.07) is 13.9. The second-order valence-corrected chi connectivity index (χ2v) is 6.88. The van der Waals surface area contributed by atoms with Crippen molar-refractivity contribution in [3.05, 3.63) is 59.4 Å². The fourth-order valence-electron chi connectivity index (χ4n) is 3.09. The number of rotatable bonds is 3. The molecule has 2 aromatic heterocycles. The summed E-state index contributed by atoms with van der Waals surface area (Å²) >= 11 is 6.01. The average molecular weight is 355 g/mol. The molecule has 128 valence electrons. The molecular formula is C19H21ClN5+. The first-order chi connectivity index (χ1) is 12.2. The van der Waals surface area contributed by atoms with E-state index < -0.39 is 0 Å². The lowest BCUT2D eigenvalue weighted by Gasteiger charge is -2.27. The molecule has 1 aliphatic heterocycles. The molecule has 6 heteroatoms. The van der Waals surface area contributed by atoms with Crippen LogP contribution in [-0.4, -0.2) is 53.8 Å². The number of quaternary nitrogens is 1. The van der Waals surface area contributed by atoms with Gasteiger partial charge in [-0.15, -0.1) is 0 Å². The van der Waals surface area contributed by atoms with Gasteiger partial charge in [0.25, 0.3) is 0 Å². The normalized spacial score (nSPS) is 16.2. The van der Waals surface area contributed by atoms with E-state index in [1.54, 1.807) is 4.90 Å². The summed E-state index contributed by atoms with van der Waals surface area (Å²) in [5.41, 5.74) is 2.97. The molecule has 1 N–H and O–H groups in total. The summed E-state index contributed by atoms with van der Waals surface area (Å²) in [5, 5.41) is 7.51. The third kappa shape index (κ3) is 3.38. The molecule has 1 aliphatic rings. The van der Waals surface area contributed by atoms with Gasteiger partial charge in [0.15, 0.2) is 0 Å². The molecule has 0 saturated carbocycles. The lowest BCUT2D eigenvalue weighted by Crippen LogP contribution is -3.11. The van der Waals surface area contributed by atoms with E-state index in [0.717, 1.165) is 53.8 Å². The number of imidazole rings is 1. The highest BCUT2D eigenvalue weighted by Crippen LogP contribution is 2.23. The SMILES string of the molecule is C[NH+]1CCN(/N=C\c2nc(-c3ccc(Cl)cc3)n3ccccc23)CC1. The van der Waals surface area contributed by atoms with E-state index in [1.807, 2.05) is 48.8 Å². The first kappa shape index (κ1) is 16.1. The van der Waals surface area contributed by atoms with Crippen molar-refractivity contribution >= 4 is 23.3 Å². The molecule has 1 aromatic carbocycles. The van der Waals surface area contributed by atoms with Crippen LogP contribution in [0.5, 0.6) is 0 Å². The maximum absolute atomic E-state index is 6.01. The Morgan fingerprint density at radius 1 is 1.12 bits per heavy atom. The van der Waals surface area contributed by atoms with E-state index in [4.69, 9.17) is 16.6 Å². The molecule has 0 unspecified atom stereocenters. The molecule has 0 aliphatic carbocycles. The monoisotopic (exact) mass is 354 g/mol. The van der Waals surface area contributed by atoms with Crippen LogP contribution in [0.25, 0.3) is 16.9 Å². The highest BCUT2D eigenvalue weighted by molar-refractivity contribution is 6.30.